The summed E-state index contributed by atoms with van der Waals surface area (Å²) in [6, 6.07) is 0. The van der Waals surface area contributed by atoms with Crippen molar-refractivity contribution in [2.75, 3.05) is 33.4 Å². The third-order valence-corrected chi connectivity index (χ3v) is 3.38. The number of hydrogen-bond acceptors (Lipinski definition) is 5. The van der Waals surface area contributed by atoms with Crippen LogP contribution in [0.1, 0.15) is 36.1 Å². The molecular weight excluding hydrogens is 262 g/mol. The van der Waals surface area contributed by atoms with Gasteiger partial charge in [0.25, 0.3) is 5.91 Å². The number of aromatic nitrogens is 1. The van der Waals surface area contributed by atoms with E-state index in [-0.39, 0.29) is 11.3 Å². The maximum Gasteiger partial charge on any atom is 0.263 e. The van der Waals surface area contributed by atoms with Gasteiger partial charge in [0.2, 0.25) is 0 Å². The molecule has 1 heterocycles. The minimum Gasteiger partial charge on any atom is -0.383 e. The van der Waals surface area contributed by atoms with Gasteiger partial charge >= 0.3 is 0 Å². The van der Waals surface area contributed by atoms with Crippen LogP contribution < -0.4 is 10.6 Å². The van der Waals surface area contributed by atoms with Crippen LogP contribution in [0.4, 0.5) is 0 Å². The predicted molar refractivity (Wildman–Crippen MR) is 77.9 cm³/mol. The Balaban J connectivity index is 2.40. The third-order valence-electron chi connectivity index (χ3n) is 2.55. The Labute approximate surface area is 118 Å². The highest BCUT2D eigenvalue weighted by Crippen LogP contribution is 2.26. The highest BCUT2D eigenvalue weighted by molar-refractivity contribution is 7.11. The van der Waals surface area contributed by atoms with Gasteiger partial charge in [-0.3, -0.25) is 4.79 Å². The first-order valence-electron chi connectivity index (χ1n) is 6.38. The van der Waals surface area contributed by atoms with Crippen LogP contribution in [0.25, 0.3) is 0 Å². The summed E-state index contributed by atoms with van der Waals surface area (Å²) in [6.45, 7) is 8.99. The van der Waals surface area contributed by atoms with Crippen LogP contribution in [0.3, 0.4) is 0 Å². The van der Waals surface area contributed by atoms with E-state index in [9.17, 15) is 4.79 Å². The van der Waals surface area contributed by atoms with Crippen molar-refractivity contribution in [2.24, 2.45) is 0 Å². The largest absolute Gasteiger partial charge is 0.383 e. The predicted octanol–water partition coefficient (Wildman–Crippen LogP) is 1.41. The van der Waals surface area contributed by atoms with Gasteiger partial charge in [0.1, 0.15) is 4.88 Å². The lowest BCUT2D eigenvalue weighted by Gasteiger charge is -2.17. The summed E-state index contributed by atoms with van der Waals surface area (Å²) < 4.78 is 4.93. The molecule has 0 aliphatic carbocycles. The lowest BCUT2D eigenvalue weighted by atomic mass is 9.91. The summed E-state index contributed by atoms with van der Waals surface area (Å²) in [5, 5.41) is 6.08. The monoisotopic (exact) mass is 285 g/mol. The average molecular weight is 285 g/mol. The van der Waals surface area contributed by atoms with Crippen LogP contribution in [0.15, 0.2) is 5.51 Å². The van der Waals surface area contributed by atoms with Gasteiger partial charge in [-0.25, -0.2) is 4.98 Å². The van der Waals surface area contributed by atoms with Gasteiger partial charge in [0.05, 0.1) is 17.8 Å². The molecule has 0 unspecified atom stereocenters. The molecular formula is C13H23N3O2S. The molecule has 1 rings (SSSR count). The van der Waals surface area contributed by atoms with Crippen LogP contribution in [0.5, 0.6) is 0 Å². The fraction of sp³-hybridized carbons (Fsp3) is 0.692. The van der Waals surface area contributed by atoms with E-state index in [4.69, 9.17) is 4.74 Å². The minimum absolute atomic E-state index is 0.0408. The quantitative estimate of drug-likeness (QED) is 0.744. The maximum atomic E-state index is 12.1. The van der Waals surface area contributed by atoms with Gasteiger partial charge in [-0.2, -0.15) is 0 Å². The highest BCUT2D eigenvalue weighted by Gasteiger charge is 2.24. The third kappa shape index (κ3) is 5.26. The average Bonchev–Trinajstić information content (AvgIpc) is 2.82. The smallest absolute Gasteiger partial charge is 0.263 e. The zero-order valence-electron chi connectivity index (χ0n) is 12.1. The number of thiazole rings is 1. The number of amides is 1. The molecule has 0 spiro atoms. The Morgan fingerprint density at radius 3 is 2.74 bits per heavy atom. The summed E-state index contributed by atoms with van der Waals surface area (Å²) in [6.07, 6.45) is 0. The van der Waals surface area contributed by atoms with E-state index < -0.39 is 0 Å². The molecule has 6 heteroatoms. The number of carbonyl (C=O) groups is 1. The number of rotatable bonds is 7. The molecule has 0 radical (unpaired) electrons. The molecule has 0 aliphatic rings. The first kappa shape index (κ1) is 16.1. The van der Waals surface area contributed by atoms with E-state index in [0.717, 1.165) is 18.8 Å². The van der Waals surface area contributed by atoms with Crippen LogP contribution in [0.2, 0.25) is 0 Å². The normalized spacial score (nSPS) is 11.6. The number of hydrogen-bond donors (Lipinski definition) is 2. The molecule has 1 aromatic rings. The lowest BCUT2D eigenvalue weighted by molar-refractivity contribution is 0.0955. The Hall–Kier alpha value is -0.980. The number of nitrogens with zero attached hydrogens (tertiary/aromatic N) is 1. The first-order chi connectivity index (χ1) is 8.96. The Kier molecular flexibility index (Phi) is 6.41. The van der Waals surface area contributed by atoms with Gasteiger partial charge in [0.15, 0.2) is 0 Å². The molecule has 0 saturated heterocycles. The fourth-order valence-electron chi connectivity index (χ4n) is 1.59. The number of methoxy groups -OCH3 is 1. The number of ether oxygens (including phenoxy) is 1. The molecule has 5 nitrogen and oxygen atoms in total. The Bertz CT molecular complexity index is 399. The van der Waals surface area contributed by atoms with Crippen LogP contribution >= 0.6 is 11.3 Å². The second kappa shape index (κ2) is 7.57. The molecule has 1 aromatic heterocycles. The Morgan fingerprint density at radius 2 is 2.11 bits per heavy atom. The van der Waals surface area contributed by atoms with Gasteiger partial charge in [0, 0.05) is 32.2 Å². The van der Waals surface area contributed by atoms with Crippen molar-refractivity contribution in [3.05, 3.63) is 16.1 Å². The lowest BCUT2D eigenvalue weighted by Crippen LogP contribution is -2.33. The van der Waals surface area contributed by atoms with Crippen molar-refractivity contribution in [1.29, 1.82) is 0 Å². The summed E-state index contributed by atoms with van der Waals surface area (Å²) in [7, 11) is 1.67. The molecule has 0 fully saturated rings. The molecule has 0 aromatic carbocycles. The van der Waals surface area contributed by atoms with Crippen molar-refractivity contribution in [3.8, 4) is 0 Å². The zero-order valence-corrected chi connectivity index (χ0v) is 12.9. The van der Waals surface area contributed by atoms with Crippen molar-refractivity contribution in [1.82, 2.24) is 15.6 Å². The van der Waals surface area contributed by atoms with Crippen molar-refractivity contribution in [2.45, 2.75) is 26.2 Å². The zero-order chi connectivity index (χ0) is 14.3. The number of carbonyl (C=O) groups excluding carboxylic acids is 1. The fourth-order valence-corrected chi connectivity index (χ4v) is 2.50. The van der Waals surface area contributed by atoms with E-state index in [1.165, 1.54) is 11.3 Å². The van der Waals surface area contributed by atoms with Crippen molar-refractivity contribution >= 4 is 17.2 Å². The molecule has 108 valence electrons. The molecule has 2 N–H and O–H groups in total. The molecule has 1 amide bonds. The van der Waals surface area contributed by atoms with E-state index in [0.29, 0.717) is 18.0 Å². The summed E-state index contributed by atoms with van der Waals surface area (Å²) in [5.74, 6) is -0.0408. The Morgan fingerprint density at radius 1 is 1.37 bits per heavy atom. The minimum atomic E-state index is -0.108. The van der Waals surface area contributed by atoms with Gasteiger partial charge < -0.3 is 15.4 Å². The standard InChI is InChI=1S/C13H23N3O2S/c1-13(2,3)11-10(19-9-16-11)12(17)15-6-5-14-7-8-18-4/h9,14H,5-8H2,1-4H3,(H,15,17). The van der Waals surface area contributed by atoms with E-state index in [1.54, 1.807) is 12.6 Å². The van der Waals surface area contributed by atoms with Crippen molar-refractivity contribution in [3.63, 3.8) is 0 Å². The van der Waals surface area contributed by atoms with Crippen molar-refractivity contribution < 1.29 is 9.53 Å². The topological polar surface area (TPSA) is 63.2 Å². The molecule has 0 saturated carbocycles. The van der Waals surface area contributed by atoms with Gasteiger partial charge in [-0.1, -0.05) is 20.8 Å². The molecule has 0 atom stereocenters. The second-order valence-electron chi connectivity index (χ2n) is 5.28. The molecule has 19 heavy (non-hydrogen) atoms. The second-order valence-corrected chi connectivity index (χ2v) is 6.13. The van der Waals surface area contributed by atoms with Crippen LogP contribution in [0, 0.1) is 0 Å². The highest BCUT2D eigenvalue weighted by atomic mass is 32.1. The summed E-state index contributed by atoms with van der Waals surface area (Å²) in [5.41, 5.74) is 2.48. The van der Waals surface area contributed by atoms with Gasteiger partial charge in [-0.05, 0) is 0 Å². The number of nitrogens with one attached hydrogen (secondary N) is 2. The van der Waals surface area contributed by atoms with E-state index in [1.807, 2.05) is 0 Å². The van der Waals surface area contributed by atoms with E-state index >= 15 is 0 Å². The van der Waals surface area contributed by atoms with Crippen LogP contribution in [-0.4, -0.2) is 44.2 Å². The summed E-state index contributed by atoms with van der Waals surface area (Å²) >= 11 is 1.39. The summed E-state index contributed by atoms with van der Waals surface area (Å²) in [4.78, 5) is 17.1. The van der Waals surface area contributed by atoms with Gasteiger partial charge in [-0.15, -0.1) is 11.3 Å². The maximum absolute atomic E-state index is 12.1. The SMILES string of the molecule is COCCNCCNC(=O)c1scnc1C(C)(C)C. The van der Waals surface area contributed by atoms with E-state index in [2.05, 4.69) is 36.4 Å². The first-order valence-corrected chi connectivity index (χ1v) is 7.26. The molecule has 0 aliphatic heterocycles. The molecule has 0 bridgehead atoms. The van der Waals surface area contributed by atoms with Crippen LogP contribution in [-0.2, 0) is 10.2 Å².